The van der Waals surface area contributed by atoms with Gasteiger partial charge >= 0.3 is 0 Å². The number of aromatic amines is 1. The minimum absolute atomic E-state index is 0.459. The zero-order valence-electron chi connectivity index (χ0n) is 8.66. The molecule has 0 bridgehead atoms. The Balaban J connectivity index is 1.87. The van der Waals surface area contributed by atoms with E-state index in [1.807, 2.05) is 23.7 Å². The summed E-state index contributed by atoms with van der Waals surface area (Å²) in [6.45, 7) is 0. The first-order chi connectivity index (χ1) is 7.83. The number of nitrogens with zero attached hydrogens (tertiary/aromatic N) is 1. The van der Waals surface area contributed by atoms with Crippen LogP contribution >= 0.6 is 33.9 Å². The van der Waals surface area contributed by atoms with Crippen LogP contribution in [0, 0.1) is 2.88 Å². The summed E-state index contributed by atoms with van der Waals surface area (Å²) < 4.78 is 1.39. The fourth-order valence-corrected chi connectivity index (χ4v) is 4.32. The molecular weight excluding hydrogens is 333 g/mol. The molecule has 0 aromatic carbocycles. The van der Waals surface area contributed by atoms with Gasteiger partial charge in [-0.2, -0.15) is 5.10 Å². The number of fused-ring (bicyclic) bond motifs is 1. The number of halogens is 1. The summed E-state index contributed by atoms with van der Waals surface area (Å²) in [6.07, 6.45) is 7.48. The zero-order valence-corrected chi connectivity index (χ0v) is 11.6. The van der Waals surface area contributed by atoms with Crippen molar-refractivity contribution < 1.29 is 0 Å². The number of anilines is 1. The van der Waals surface area contributed by atoms with E-state index in [-0.39, 0.29) is 0 Å². The number of hydrogen-bond acceptors (Lipinski definition) is 3. The largest absolute Gasteiger partial charge is 0.376 e. The Bertz CT molecular complexity index is 477. The highest BCUT2D eigenvalue weighted by molar-refractivity contribution is 14.1. The minimum Gasteiger partial charge on any atom is -0.376 e. The van der Waals surface area contributed by atoms with Gasteiger partial charge in [-0.05, 0) is 53.5 Å². The normalized spacial score (nSPS) is 19.4. The molecule has 0 saturated carbocycles. The highest BCUT2D eigenvalue weighted by Crippen LogP contribution is 2.37. The van der Waals surface area contributed by atoms with Crippen LogP contribution in [0.15, 0.2) is 18.5 Å². The number of rotatable bonds is 2. The Labute approximate surface area is 112 Å². The van der Waals surface area contributed by atoms with Gasteiger partial charge in [0.05, 0.1) is 20.8 Å². The van der Waals surface area contributed by atoms with Gasteiger partial charge < -0.3 is 5.32 Å². The monoisotopic (exact) mass is 345 g/mol. The Morgan fingerprint density at radius 3 is 3.31 bits per heavy atom. The van der Waals surface area contributed by atoms with E-state index in [1.165, 1.54) is 27.7 Å². The standard InChI is InChI=1S/C11H12IN3S/c12-11-4-8-9(2-1-3-10(8)16-11)15-7-5-13-14-6-7/h4-6,9,15H,1-3H2,(H,13,14). The van der Waals surface area contributed by atoms with Crippen LogP contribution in [0.2, 0.25) is 0 Å². The fraction of sp³-hybridized carbons (Fsp3) is 0.364. The van der Waals surface area contributed by atoms with Crippen molar-refractivity contribution in [3.8, 4) is 0 Å². The molecule has 84 valence electrons. The van der Waals surface area contributed by atoms with Crippen molar-refractivity contribution in [2.24, 2.45) is 0 Å². The third kappa shape index (κ3) is 1.98. The molecule has 0 amide bonds. The summed E-state index contributed by atoms with van der Waals surface area (Å²) in [7, 11) is 0. The van der Waals surface area contributed by atoms with Crippen molar-refractivity contribution in [1.29, 1.82) is 0 Å². The van der Waals surface area contributed by atoms with Gasteiger partial charge in [0.2, 0.25) is 0 Å². The van der Waals surface area contributed by atoms with Crippen LogP contribution in [0.5, 0.6) is 0 Å². The maximum Gasteiger partial charge on any atom is 0.0728 e. The number of aryl methyl sites for hydroxylation is 1. The van der Waals surface area contributed by atoms with Crippen molar-refractivity contribution in [3.05, 3.63) is 31.8 Å². The number of hydrogen-bond donors (Lipinski definition) is 2. The first-order valence-corrected chi connectivity index (χ1v) is 7.26. The molecule has 2 aromatic rings. The maximum absolute atomic E-state index is 3.96. The molecule has 0 spiro atoms. The molecular formula is C11H12IN3S. The SMILES string of the molecule is Ic1cc2c(s1)CCCC2Nc1cn[nH]c1. The molecule has 1 aliphatic carbocycles. The van der Waals surface area contributed by atoms with Crippen LogP contribution in [-0.4, -0.2) is 10.2 Å². The first kappa shape index (κ1) is 10.6. The Morgan fingerprint density at radius 2 is 2.50 bits per heavy atom. The van der Waals surface area contributed by atoms with Gasteiger partial charge in [-0.3, -0.25) is 5.10 Å². The summed E-state index contributed by atoms with van der Waals surface area (Å²) in [4.78, 5) is 1.55. The Kier molecular flexibility index (Phi) is 2.89. The van der Waals surface area contributed by atoms with Crippen molar-refractivity contribution in [1.82, 2.24) is 10.2 Å². The molecule has 0 fully saturated rings. The molecule has 1 atom stereocenters. The smallest absolute Gasteiger partial charge is 0.0728 e. The summed E-state index contributed by atoms with van der Waals surface area (Å²) in [5, 5.41) is 10.3. The van der Waals surface area contributed by atoms with Crippen LogP contribution < -0.4 is 5.32 Å². The zero-order chi connectivity index (χ0) is 11.0. The molecule has 0 radical (unpaired) electrons. The number of aromatic nitrogens is 2. The van der Waals surface area contributed by atoms with E-state index in [0.717, 1.165) is 5.69 Å². The van der Waals surface area contributed by atoms with Gasteiger partial charge in [0, 0.05) is 11.1 Å². The number of nitrogens with one attached hydrogen (secondary N) is 2. The lowest BCUT2D eigenvalue weighted by Gasteiger charge is -2.23. The third-order valence-electron chi connectivity index (χ3n) is 2.92. The summed E-state index contributed by atoms with van der Waals surface area (Å²) in [5.41, 5.74) is 2.57. The molecule has 2 aromatic heterocycles. The van der Waals surface area contributed by atoms with Gasteiger partial charge in [-0.15, -0.1) is 11.3 Å². The molecule has 3 nitrogen and oxygen atoms in total. The van der Waals surface area contributed by atoms with E-state index >= 15 is 0 Å². The maximum atomic E-state index is 3.96. The minimum atomic E-state index is 0.459. The van der Waals surface area contributed by atoms with Crippen LogP contribution in [0.1, 0.15) is 29.3 Å². The fourth-order valence-electron chi connectivity index (χ4n) is 2.20. The van der Waals surface area contributed by atoms with Gasteiger partial charge in [-0.25, -0.2) is 0 Å². The van der Waals surface area contributed by atoms with E-state index in [0.29, 0.717) is 6.04 Å². The Hall–Kier alpha value is -0.560. The quantitative estimate of drug-likeness (QED) is 0.817. The van der Waals surface area contributed by atoms with Crippen LogP contribution in [-0.2, 0) is 6.42 Å². The van der Waals surface area contributed by atoms with E-state index in [1.54, 1.807) is 4.88 Å². The van der Waals surface area contributed by atoms with E-state index in [9.17, 15) is 0 Å². The summed E-state index contributed by atoms with van der Waals surface area (Å²) in [6, 6.07) is 2.78. The highest BCUT2D eigenvalue weighted by Gasteiger charge is 2.22. The summed E-state index contributed by atoms with van der Waals surface area (Å²) >= 11 is 4.34. The number of thiophene rings is 1. The molecule has 1 unspecified atom stereocenters. The van der Waals surface area contributed by atoms with E-state index in [2.05, 4.69) is 44.2 Å². The van der Waals surface area contributed by atoms with Crippen LogP contribution in [0.4, 0.5) is 5.69 Å². The topological polar surface area (TPSA) is 40.7 Å². The molecule has 16 heavy (non-hydrogen) atoms. The second kappa shape index (κ2) is 4.37. The van der Waals surface area contributed by atoms with Crippen molar-refractivity contribution in [2.75, 3.05) is 5.32 Å². The van der Waals surface area contributed by atoms with Crippen molar-refractivity contribution in [2.45, 2.75) is 25.3 Å². The average Bonchev–Trinajstić information content (AvgIpc) is 2.86. The van der Waals surface area contributed by atoms with Gasteiger partial charge in [0.15, 0.2) is 0 Å². The molecule has 0 saturated heterocycles. The van der Waals surface area contributed by atoms with Crippen LogP contribution in [0.3, 0.4) is 0 Å². The lowest BCUT2D eigenvalue weighted by molar-refractivity contribution is 0.609. The highest BCUT2D eigenvalue weighted by atomic mass is 127. The van der Waals surface area contributed by atoms with Crippen molar-refractivity contribution in [3.63, 3.8) is 0 Å². The predicted molar refractivity (Wildman–Crippen MR) is 74.9 cm³/mol. The molecule has 0 aliphatic heterocycles. The second-order valence-corrected chi connectivity index (χ2v) is 7.04. The number of H-pyrrole nitrogens is 1. The Morgan fingerprint density at radius 1 is 1.56 bits per heavy atom. The lowest BCUT2D eigenvalue weighted by atomic mass is 9.94. The van der Waals surface area contributed by atoms with Gasteiger partial charge in [0.1, 0.15) is 0 Å². The molecule has 1 aliphatic rings. The van der Waals surface area contributed by atoms with E-state index < -0.39 is 0 Å². The second-order valence-electron chi connectivity index (χ2n) is 4.01. The molecule has 2 N–H and O–H groups in total. The first-order valence-electron chi connectivity index (χ1n) is 5.36. The molecule has 3 rings (SSSR count). The summed E-state index contributed by atoms with van der Waals surface area (Å²) in [5.74, 6) is 0. The van der Waals surface area contributed by atoms with Gasteiger partial charge in [0.25, 0.3) is 0 Å². The van der Waals surface area contributed by atoms with Crippen molar-refractivity contribution >= 4 is 39.6 Å². The van der Waals surface area contributed by atoms with Crippen LogP contribution in [0.25, 0.3) is 0 Å². The molecule has 5 heteroatoms. The average molecular weight is 345 g/mol. The lowest BCUT2D eigenvalue weighted by Crippen LogP contribution is -2.15. The molecule has 2 heterocycles. The van der Waals surface area contributed by atoms with Gasteiger partial charge in [-0.1, -0.05) is 0 Å². The third-order valence-corrected chi connectivity index (χ3v) is 4.89. The predicted octanol–water partition coefficient (Wildman–Crippen LogP) is 3.57. The van der Waals surface area contributed by atoms with E-state index in [4.69, 9.17) is 0 Å².